The summed E-state index contributed by atoms with van der Waals surface area (Å²) < 4.78 is 0. The van der Waals surface area contributed by atoms with Crippen molar-refractivity contribution in [2.24, 2.45) is 0 Å². The standard InChI is InChI=1S/C15H11N3O3/c16-9-3-1-8(2-4-9)13(19)17-10-5-6-11-12(7-10)15(21)18-14(11)20/h1-7H,16H2,(H,17,19)(H,18,20,21). The second-order valence-corrected chi connectivity index (χ2v) is 4.62. The molecule has 4 N–H and O–H groups in total. The van der Waals surface area contributed by atoms with E-state index in [0.29, 0.717) is 22.5 Å². The number of benzene rings is 2. The minimum atomic E-state index is -0.460. The van der Waals surface area contributed by atoms with E-state index in [1.54, 1.807) is 30.3 Å². The molecule has 6 heteroatoms. The Morgan fingerprint density at radius 2 is 1.62 bits per heavy atom. The third kappa shape index (κ3) is 2.34. The Kier molecular flexibility index (Phi) is 2.91. The van der Waals surface area contributed by atoms with Crippen molar-refractivity contribution in [3.05, 3.63) is 59.2 Å². The fraction of sp³-hybridized carbons (Fsp3) is 0. The van der Waals surface area contributed by atoms with Crippen molar-refractivity contribution < 1.29 is 14.4 Å². The predicted octanol–water partition coefficient (Wildman–Crippen LogP) is 1.40. The number of fused-ring (bicyclic) bond motifs is 1. The van der Waals surface area contributed by atoms with Gasteiger partial charge < -0.3 is 11.1 Å². The number of nitrogen functional groups attached to an aromatic ring is 1. The van der Waals surface area contributed by atoms with Crippen LogP contribution in [0.15, 0.2) is 42.5 Å². The van der Waals surface area contributed by atoms with Gasteiger partial charge in [0, 0.05) is 16.9 Å². The van der Waals surface area contributed by atoms with Gasteiger partial charge in [-0.2, -0.15) is 0 Å². The Balaban J connectivity index is 1.84. The molecule has 0 unspecified atom stereocenters. The first-order valence-corrected chi connectivity index (χ1v) is 6.21. The van der Waals surface area contributed by atoms with Gasteiger partial charge in [-0.15, -0.1) is 0 Å². The van der Waals surface area contributed by atoms with Crippen LogP contribution in [-0.2, 0) is 0 Å². The van der Waals surface area contributed by atoms with E-state index in [-0.39, 0.29) is 11.5 Å². The van der Waals surface area contributed by atoms with Crippen molar-refractivity contribution >= 4 is 29.1 Å². The van der Waals surface area contributed by atoms with Crippen LogP contribution in [0.5, 0.6) is 0 Å². The first-order valence-electron chi connectivity index (χ1n) is 6.21. The Morgan fingerprint density at radius 3 is 2.33 bits per heavy atom. The maximum atomic E-state index is 12.1. The van der Waals surface area contributed by atoms with Crippen LogP contribution in [0, 0.1) is 0 Å². The number of nitrogens with two attached hydrogens (primary N) is 1. The van der Waals surface area contributed by atoms with Crippen LogP contribution in [0.4, 0.5) is 11.4 Å². The van der Waals surface area contributed by atoms with Crippen LogP contribution >= 0.6 is 0 Å². The normalized spacial score (nSPS) is 12.8. The van der Waals surface area contributed by atoms with Crippen molar-refractivity contribution in [1.82, 2.24) is 5.32 Å². The van der Waals surface area contributed by atoms with E-state index in [4.69, 9.17) is 5.73 Å². The summed E-state index contributed by atoms with van der Waals surface area (Å²) in [5.41, 5.74) is 7.59. The van der Waals surface area contributed by atoms with Gasteiger partial charge in [-0.3, -0.25) is 19.7 Å². The van der Waals surface area contributed by atoms with Crippen molar-refractivity contribution in [1.29, 1.82) is 0 Å². The first-order chi connectivity index (χ1) is 10.0. The Morgan fingerprint density at radius 1 is 0.952 bits per heavy atom. The summed E-state index contributed by atoms with van der Waals surface area (Å²) in [4.78, 5) is 35.0. The highest BCUT2D eigenvalue weighted by atomic mass is 16.2. The minimum Gasteiger partial charge on any atom is -0.399 e. The Labute approximate surface area is 120 Å². The highest BCUT2D eigenvalue weighted by Crippen LogP contribution is 2.20. The summed E-state index contributed by atoms with van der Waals surface area (Å²) in [5.74, 6) is -1.20. The second-order valence-electron chi connectivity index (χ2n) is 4.62. The van der Waals surface area contributed by atoms with E-state index in [9.17, 15) is 14.4 Å². The van der Waals surface area contributed by atoms with Gasteiger partial charge >= 0.3 is 0 Å². The van der Waals surface area contributed by atoms with Gasteiger partial charge in [0.15, 0.2) is 0 Å². The SMILES string of the molecule is Nc1ccc(C(=O)Nc2ccc3c(c2)C(=O)NC3=O)cc1. The molecule has 2 aromatic rings. The average Bonchev–Trinajstić information content (AvgIpc) is 2.74. The summed E-state index contributed by atoms with van der Waals surface area (Å²) >= 11 is 0. The lowest BCUT2D eigenvalue weighted by Gasteiger charge is -2.06. The molecular formula is C15H11N3O3. The molecule has 0 aliphatic carbocycles. The molecule has 3 amide bonds. The molecule has 3 rings (SSSR count). The number of amides is 3. The third-order valence-electron chi connectivity index (χ3n) is 3.17. The van der Waals surface area contributed by atoms with Gasteiger partial charge in [0.05, 0.1) is 11.1 Å². The number of hydrogen-bond donors (Lipinski definition) is 3. The second kappa shape index (κ2) is 4.75. The molecular weight excluding hydrogens is 270 g/mol. The van der Waals surface area contributed by atoms with Gasteiger partial charge in [0.25, 0.3) is 17.7 Å². The molecule has 6 nitrogen and oxygen atoms in total. The number of carbonyl (C=O) groups is 3. The number of imide groups is 1. The van der Waals surface area contributed by atoms with Gasteiger partial charge in [-0.25, -0.2) is 0 Å². The first kappa shape index (κ1) is 12.9. The van der Waals surface area contributed by atoms with Crippen molar-refractivity contribution in [2.75, 3.05) is 11.1 Å². The van der Waals surface area contributed by atoms with Gasteiger partial charge in [-0.05, 0) is 42.5 Å². The molecule has 2 aromatic carbocycles. The predicted molar refractivity (Wildman–Crippen MR) is 77.0 cm³/mol. The van der Waals surface area contributed by atoms with Gasteiger partial charge in [-0.1, -0.05) is 0 Å². The fourth-order valence-electron chi connectivity index (χ4n) is 2.08. The Bertz CT molecular complexity index is 766. The molecule has 104 valence electrons. The zero-order valence-corrected chi connectivity index (χ0v) is 10.8. The lowest BCUT2D eigenvalue weighted by atomic mass is 10.1. The highest BCUT2D eigenvalue weighted by molar-refractivity contribution is 6.22. The Hall–Kier alpha value is -3.15. The molecule has 1 aliphatic rings. The number of anilines is 2. The molecule has 0 fully saturated rings. The molecule has 0 saturated carbocycles. The average molecular weight is 281 g/mol. The molecule has 0 aromatic heterocycles. The number of carbonyl (C=O) groups excluding carboxylic acids is 3. The van der Waals surface area contributed by atoms with Crippen LogP contribution in [0.25, 0.3) is 0 Å². The summed E-state index contributed by atoms with van der Waals surface area (Å²) in [6.45, 7) is 0. The summed E-state index contributed by atoms with van der Waals surface area (Å²) in [6.07, 6.45) is 0. The molecule has 0 saturated heterocycles. The van der Waals surface area contributed by atoms with Crippen molar-refractivity contribution in [3.8, 4) is 0 Å². The quantitative estimate of drug-likeness (QED) is 0.572. The number of nitrogens with one attached hydrogen (secondary N) is 2. The van der Waals surface area contributed by atoms with Crippen LogP contribution in [0.2, 0.25) is 0 Å². The largest absolute Gasteiger partial charge is 0.399 e. The van der Waals surface area contributed by atoms with E-state index in [1.165, 1.54) is 12.1 Å². The summed E-state index contributed by atoms with van der Waals surface area (Å²) in [5, 5.41) is 4.87. The van der Waals surface area contributed by atoms with E-state index in [1.807, 2.05) is 0 Å². The van der Waals surface area contributed by atoms with Crippen LogP contribution in [0.1, 0.15) is 31.1 Å². The molecule has 21 heavy (non-hydrogen) atoms. The monoisotopic (exact) mass is 281 g/mol. The topological polar surface area (TPSA) is 101 Å². The molecule has 1 aliphatic heterocycles. The van der Waals surface area contributed by atoms with Crippen molar-refractivity contribution in [3.63, 3.8) is 0 Å². The van der Waals surface area contributed by atoms with E-state index in [2.05, 4.69) is 10.6 Å². The van der Waals surface area contributed by atoms with E-state index in [0.717, 1.165) is 0 Å². The van der Waals surface area contributed by atoms with Crippen LogP contribution in [0.3, 0.4) is 0 Å². The van der Waals surface area contributed by atoms with Crippen LogP contribution < -0.4 is 16.4 Å². The zero-order valence-electron chi connectivity index (χ0n) is 10.8. The minimum absolute atomic E-state index is 0.259. The van der Waals surface area contributed by atoms with E-state index >= 15 is 0 Å². The number of rotatable bonds is 2. The zero-order chi connectivity index (χ0) is 15.0. The highest BCUT2D eigenvalue weighted by Gasteiger charge is 2.26. The smallest absolute Gasteiger partial charge is 0.259 e. The van der Waals surface area contributed by atoms with Gasteiger partial charge in [0.2, 0.25) is 0 Å². The summed E-state index contributed by atoms with van der Waals surface area (Å²) in [6, 6.07) is 11.0. The maximum Gasteiger partial charge on any atom is 0.259 e. The molecule has 1 heterocycles. The van der Waals surface area contributed by atoms with Crippen molar-refractivity contribution in [2.45, 2.75) is 0 Å². The van der Waals surface area contributed by atoms with E-state index < -0.39 is 11.8 Å². The van der Waals surface area contributed by atoms with Crippen LogP contribution in [-0.4, -0.2) is 17.7 Å². The van der Waals surface area contributed by atoms with Gasteiger partial charge in [0.1, 0.15) is 0 Å². The lowest BCUT2D eigenvalue weighted by Crippen LogP contribution is -2.19. The number of hydrogen-bond acceptors (Lipinski definition) is 4. The molecule has 0 radical (unpaired) electrons. The third-order valence-corrected chi connectivity index (χ3v) is 3.17. The molecule has 0 bridgehead atoms. The lowest BCUT2D eigenvalue weighted by molar-refractivity contribution is 0.0878. The molecule has 0 spiro atoms. The summed E-state index contributed by atoms with van der Waals surface area (Å²) in [7, 11) is 0. The maximum absolute atomic E-state index is 12.1. The molecule has 0 atom stereocenters. The fourth-order valence-corrected chi connectivity index (χ4v) is 2.08.